The van der Waals surface area contributed by atoms with Crippen molar-refractivity contribution < 1.29 is 5.11 Å². The van der Waals surface area contributed by atoms with E-state index in [4.69, 9.17) is 16.9 Å². The minimum Gasteiger partial charge on any atom is -0.389 e. The Morgan fingerprint density at radius 3 is 2.71 bits per heavy atom. The number of aliphatic hydroxyl groups is 1. The Hall–Kier alpha value is -1.63. The maximum absolute atomic E-state index is 9.73. The molecule has 0 aliphatic rings. The van der Waals surface area contributed by atoms with Crippen LogP contribution in [0.15, 0.2) is 18.2 Å². The van der Waals surface area contributed by atoms with Gasteiger partial charge in [0.15, 0.2) is 5.69 Å². The quantitative estimate of drug-likeness (QED) is 0.841. The summed E-state index contributed by atoms with van der Waals surface area (Å²) in [7, 11) is 0. The number of aromatic nitrogens is 1. The van der Waals surface area contributed by atoms with Gasteiger partial charge in [-0.25, -0.2) is 4.98 Å². The summed E-state index contributed by atoms with van der Waals surface area (Å²) >= 11 is 5.95. The number of nitrogens with zero attached hydrogens (tertiary/aromatic N) is 2. The van der Waals surface area contributed by atoms with E-state index < -0.39 is 6.10 Å². The first kappa shape index (κ1) is 11.8. The van der Waals surface area contributed by atoms with Crippen LogP contribution in [0.25, 0.3) is 10.9 Å². The summed E-state index contributed by atoms with van der Waals surface area (Å²) in [6, 6.07) is 7.41. The molecule has 0 aliphatic carbocycles. The number of aliphatic hydroxyl groups excluding tert-OH is 1. The lowest BCUT2D eigenvalue weighted by molar-refractivity contribution is 0.201. The molecule has 0 spiro atoms. The summed E-state index contributed by atoms with van der Waals surface area (Å²) in [5.41, 5.74) is 2.66. The van der Waals surface area contributed by atoms with E-state index in [1.54, 1.807) is 13.0 Å². The van der Waals surface area contributed by atoms with Crippen molar-refractivity contribution in [3.8, 4) is 6.07 Å². The normalized spacial score (nSPS) is 12.4. The Kier molecular flexibility index (Phi) is 3.01. The van der Waals surface area contributed by atoms with Gasteiger partial charge >= 0.3 is 0 Å². The van der Waals surface area contributed by atoms with Crippen molar-refractivity contribution in [2.75, 3.05) is 0 Å². The van der Waals surface area contributed by atoms with Gasteiger partial charge in [0.25, 0.3) is 0 Å². The molecule has 0 saturated carbocycles. The average molecular weight is 247 g/mol. The minimum absolute atomic E-state index is 0.210. The van der Waals surface area contributed by atoms with Crippen LogP contribution in [0.4, 0.5) is 0 Å². The van der Waals surface area contributed by atoms with Crippen molar-refractivity contribution in [3.63, 3.8) is 0 Å². The lowest BCUT2D eigenvalue weighted by Gasteiger charge is -2.11. The third-order valence-corrected chi connectivity index (χ3v) is 2.91. The van der Waals surface area contributed by atoms with Crippen LogP contribution in [0.3, 0.4) is 0 Å². The highest BCUT2D eigenvalue weighted by Gasteiger charge is 2.11. The number of fused-ring (bicyclic) bond motifs is 1. The number of hydrogen-bond acceptors (Lipinski definition) is 3. The van der Waals surface area contributed by atoms with Crippen molar-refractivity contribution in [2.24, 2.45) is 0 Å². The SMILES string of the molecule is Cc1cc([C@H](C)O)c2cc(Cl)c(C#N)nc2c1. The van der Waals surface area contributed by atoms with Gasteiger partial charge in [-0.05, 0) is 37.1 Å². The van der Waals surface area contributed by atoms with Crippen molar-refractivity contribution >= 4 is 22.5 Å². The molecule has 0 saturated heterocycles. The van der Waals surface area contributed by atoms with Crippen LogP contribution in [0.5, 0.6) is 0 Å². The fourth-order valence-electron chi connectivity index (χ4n) is 1.85. The summed E-state index contributed by atoms with van der Waals surface area (Å²) in [5.74, 6) is 0. The summed E-state index contributed by atoms with van der Waals surface area (Å²) in [6.45, 7) is 3.62. The monoisotopic (exact) mass is 246 g/mol. The van der Waals surface area contributed by atoms with Crippen molar-refractivity contribution in [2.45, 2.75) is 20.0 Å². The van der Waals surface area contributed by atoms with Gasteiger partial charge in [0.1, 0.15) is 6.07 Å². The molecule has 1 aromatic heterocycles. The fourth-order valence-corrected chi connectivity index (χ4v) is 2.04. The molecule has 0 amide bonds. The molecule has 0 fully saturated rings. The van der Waals surface area contributed by atoms with Crippen LogP contribution in [0.1, 0.15) is 29.8 Å². The van der Waals surface area contributed by atoms with Crippen LogP contribution in [-0.4, -0.2) is 10.1 Å². The molecule has 86 valence electrons. The van der Waals surface area contributed by atoms with Gasteiger partial charge in [-0.15, -0.1) is 0 Å². The first-order valence-corrected chi connectivity index (χ1v) is 5.59. The number of rotatable bonds is 1. The molecule has 0 unspecified atom stereocenters. The van der Waals surface area contributed by atoms with E-state index in [2.05, 4.69) is 4.98 Å². The largest absolute Gasteiger partial charge is 0.389 e. The van der Waals surface area contributed by atoms with Gasteiger partial charge in [0.2, 0.25) is 0 Å². The first-order chi connectivity index (χ1) is 8.02. The third-order valence-electron chi connectivity index (χ3n) is 2.62. The summed E-state index contributed by atoms with van der Waals surface area (Å²) in [4.78, 5) is 4.19. The zero-order valence-corrected chi connectivity index (χ0v) is 10.3. The molecule has 1 heterocycles. The number of nitriles is 1. The number of benzene rings is 1. The molecule has 2 aromatic rings. The van der Waals surface area contributed by atoms with Crippen molar-refractivity contribution in [3.05, 3.63) is 40.0 Å². The van der Waals surface area contributed by atoms with E-state index in [1.807, 2.05) is 25.1 Å². The summed E-state index contributed by atoms with van der Waals surface area (Å²) < 4.78 is 0. The smallest absolute Gasteiger partial charge is 0.159 e. The Balaban J connectivity index is 2.86. The highest BCUT2D eigenvalue weighted by atomic mass is 35.5. The lowest BCUT2D eigenvalue weighted by atomic mass is 10.0. The van der Waals surface area contributed by atoms with E-state index >= 15 is 0 Å². The van der Waals surface area contributed by atoms with E-state index in [-0.39, 0.29) is 5.69 Å². The molecule has 2 rings (SSSR count). The molecule has 1 atom stereocenters. The first-order valence-electron chi connectivity index (χ1n) is 5.22. The number of aryl methyl sites for hydroxylation is 1. The predicted molar refractivity (Wildman–Crippen MR) is 66.8 cm³/mol. The van der Waals surface area contributed by atoms with E-state index in [0.29, 0.717) is 10.5 Å². The topological polar surface area (TPSA) is 56.9 Å². The Bertz CT molecular complexity index is 629. The molecule has 17 heavy (non-hydrogen) atoms. The molecule has 0 bridgehead atoms. The molecular formula is C13H11ClN2O. The maximum atomic E-state index is 9.73. The van der Waals surface area contributed by atoms with Gasteiger partial charge < -0.3 is 5.11 Å². The van der Waals surface area contributed by atoms with Crippen LogP contribution in [-0.2, 0) is 0 Å². The molecule has 4 heteroatoms. The molecule has 1 N–H and O–H groups in total. The predicted octanol–water partition coefficient (Wildman–Crippen LogP) is 3.12. The average Bonchev–Trinajstić information content (AvgIpc) is 2.27. The highest BCUT2D eigenvalue weighted by molar-refractivity contribution is 6.32. The van der Waals surface area contributed by atoms with Gasteiger partial charge in [0.05, 0.1) is 16.6 Å². The van der Waals surface area contributed by atoms with E-state index in [1.165, 1.54) is 0 Å². The van der Waals surface area contributed by atoms with Crippen LogP contribution in [0, 0.1) is 18.3 Å². The van der Waals surface area contributed by atoms with E-state index in [9.17, 15) is 5.11 Å². The second-order valence-corrected chi connectivity index (χ2v) is 4.43. The van der Waals surface area contributed by atoms with Crippen LogP contribution < -0.4 is 0 Å². The Morgan fingerprint density at radius 1 is 1.41 bits per heavy atom. The van der Waals surface area contributed by atoms with Gasteiger partial charge in [0, 0.05) is 5.39 Å². The summed E-state index contributed by atoms with van der Waals surface area (Å²) in [5, 5.41) is 19.7. The lowest BCUT2D eigenvalue weighted by Crippen LogP contribution is -1.96. The van der Waals surface area contributed by atoms with Crippen molar-refractivity contribution in [1.82, 2.24) is 4.98 Å². The number of halogens is 1. The summed E-state index contributed by atoms with van der Waals surface area (Å²) in [6.07, 6.45) is -0.594. The standard InChI is InChI=1S/C13H11ClN2O/c1-7-3-9(8(2)17)10-5-11(14)13(6-15)16-12(10)4-7/h3-5,8,17H,1-2H3/t8-/m0/s1. The third kappa shape index (κ3) is 2.10. The molecule has 0 aliphatic heterocycles. The van der Waals surface area contributed by atoms with Crippen LogP contribution >= 0.6 is 11.6 Å². The molecular weight excluding hydrogens is 236 g/mol. The maximum Gasteiger partial charge on any atom is 0.159 e. The minimum atomic E-state index is -0.594. The highest BCUT2D eigenvalue weighted by Crippen LogP contribution is 2.28. The van der Waals surface area contributed by atoms with Gasteiger partial charge in [-0.3, -0.25) is 0 Å². The molecule has 3 nitrogen and oxygen atoms in total. The molecule has 0 radical (unpaired) electrons. The van der Waals surface area contributed by atoms with E-state index in [0.717, 1.165) is 16.5 Å². The van der Waals surface area contributed by atoms with Crippen molar-refractivity contribution in [1.29, 1.82) is 5.26 Å². The van der Waals surface area contributed by atoms with Gasteiger partial charge in [-0.2, -0.15) is 5.26 Å². The zero-order chi connectivity index (χ0) is 12.6. The Labute approximate surface area is 104 Å². The Morgan fingerprint density at radius 2 is 2.12 bits per heavy atom. The van der Waals surface area contributed by atoms with Crippen LogP contribution in [0.2, 0.25) is 5.02 Å². The van der Waals surface area contributed by atoms with Gasteiger partial charge in [-0.1, -0.05) is 17.7 Å². The fraction of sp³-hybridized carbons (Fsp3) is 0.231. The zero-order valence-electron chi connectivity index (χ0n) is 9.53. The second kappa shape index (κ2) is 4.33. The second-order valence-electron chi connectivity index (χ2n) is 4.03. The molecule has 1 aromatic carbocycles. The number of pyridine rings is 1. The number of hydrogen-bond donors (Lipinski definition) is 1.